The van der Waals surface area contributed by atoms with Crippen molar-refractivity contribution in [3.8, 4) is 33.7 Å². The number of furan rings is 1. The standard InChI is InChI=1S/C46H33NO2/c1-4-13-31(14-5-1)32-23-25-35(26-24-32)38(28-27-34-17-10-11-20-37(34)33-15-6-2-7-16-33)39-21-12-22-40-41-29-44-42(30-43(41)48-45(39)40)47-46(49-44)36-18-8-3-9-19-36/h1-26,29-30,38H,27-28H2. The van der Waals surface area contributed by atoms with Gasteiger partial charge in [-0.3, -0.25) is 0 Å². The summed E-state index contributed by atoms with van der Waals surface area (Å²) >= 11 is 0. The van der Waals surface area contributed by atoms with Gasteiger partial charge in [0.05, 0.1) is 0 Å². The van der Waals surface area contributed by atoms with E-state index in [1.54, 1.807) is 0 Å². The molecule has 2 heterocycles. The molecule has 2 aromatic heterocycles. The second-order valence-corrected chi connectivity index (χ2v) is 12.6. The minimum Gasteiger partial charge on any atom is -0.456 e. The number of nitrogens with zero attached hydrogens (tertiary/aromatic N) is 1. The summed E-state index contributed by atoms with van der Waals surface area (Å²) in [6.45, 7) is 0. The summed E-state index contributed by atoms with van der Waals surface area (Å²) in [5.74, 6) is 0.728. The van der Waals surface area contributed by atoms with Crippen LogP contribution >= 0.6 is 0 Å². The number of aromatic nitrogens is 1. The van der Waals surface area contributed by atoms with E-state index < -0.39 is 0 Å². The van der Waals surface area contributed by atoms with Crippen molar-refractivity contribution in [1.82, 2.24) is 4.98 Å². The Labute approximate surface area is 285 Å². The fraction of sp³-hybridized carbons (Fsp3) is 0.0652. The molecular weight excluding hydrogens is 599 g/mol. The van der Waals surface area contributed by atoms with Gasteiger partial charge in [-0.2, -0.15) is 0 Å². The highest BCUT2D eigenvalue weighted by atomic mass is 16.4. The summed E-state index contributed by atoms with van der Waals surface area (Å²) in [4.78, 5) is 4.81. The van der Waals surface area contributed by atoms with Crippen molar-refractivity contribution in [2.45, 2.75) is 18.8 Å². The highest BCUT2D eigenvalue weighted by Gasteiger charge is 2.22. The van der Waals surface area contributed by atoms with Crippen LogP contribution in [0.1, 0.15) is 29.0 Å². The number of benzene rings is 7. The Hall–Kier alpha value is -6.19. The van der Waals surface area contributed by atoms with Gasteiger partial charge in [-0.15, -0.1) is 0 Å². The largest absolute Gasteiger partial charge is 0.456 e. The van der Waals surface area contributed by atoms with Crippen molar-refractivity contribution in [3.05, 3.63) is 187 Å². The Morgan fingerprint density at radius 1 is 0.490 bits per heavy atom. The Morgan fingerprint density at radius 2 is 1.14 bits per heavy atom. The molecule has 1 unspecified atom stereocenters. The van der Waals surface area contributed by atoms with E-state index in [9.17, 15) is 0 Å². The molecule has 0 saturated carbocycles. The minimum atomic E-state index is 0.115. The average Bonchev–Trinajstić information content (AvgIpc) is 3.76. The van der Waals surface area contributed by atoms with E-state index in [0.717, 1.165) is 51.4 Å². The molecule has 0 spiro atoms. The smallest absolute Gasteiger partial charge is 0.227 e. The highest BCUT2D eigenvalue weighted by Crippen LogP contribution is 2.41. The lowest BCUT2D eigenvalue weighted by Crippen LogP contribution is -2.04. The molecule has 49 heavy (non-hydrogen) atoms. The lowest BCUT2D eigenvalue weighted by molar-refractivity contribution is 0.620. The maximum atomic E-state index is 6.77. The Kier molecular flexibility index (Phi) is 7.36. The van der Waals surface area contributed by atoms with Crippen LogP contribution in [0.25, 0.3) is 66.7 Å². The predicted octanol–water partition coefficient (Wildman–Crippen LogP) is 12.5. The maximum absolute atomic E-state index is 6.77. The summed E-state index contributed by atoms with van der Waals surface area (Å²) in [6.07, 6.45) is 1.85. The zero-order chi connectivity index (χ0) is 32.6. The van der Waals surface area contributed by atoms with Gasteiger partial charge in [0.1, 0.15) is 16.7 Å². The van der Waals surface area contributed by atoms with Gasteiger partial charge in [0.15, 0.2) is 5.58 Å². The second kappa shape index (κ2) is 12.4. The normalized spacial score (nSPS) is 12.2. The molecule has 9 rings (SSSR count). The fourth-order valence-electron chi connectivity index (χ4n) is 7.20. The van der Waals surface area contributed by atoms with Gasteiger partial charge in [0.25, 0.3) is 0 Å². The number of fused-ring (bicyclic) bond motifs is 4. The van der Waals surface area contributed by atoms with E-state index in [1.807, 2.05) is 36.4 Å². The molecule has 0 amide bonds. The third-order valence-corrected chi connectivity index (χ3v) is 9.66. The predicted molar refractivity (Wildman–Crippen MR) is 201 cm³/mol. The molecule has 3 nitrogen and oxygen atoms in total. The minimum absolute atomic E-state index is 0.115. The molecule has 0 saturated heterocycles. The van der Waals surface area contributed by atoms with Crippen molar-refractivity contribution in [1.29, 1.82) is 0 Å². The van der Waals surface area contributed by atoms with E-state index in [2.05, 4.69) is 133 Å². The maximum Gasteiger partial charge on any atom is 0.227 e. The number of oxazole rings is 1. The van der Waals surface area contributed by atoms with Crippen molar-refractivity contribution in [3.63, 3.8) is 0 Å². The highest BCUT2D eigenvalue weighted by molar-refractivity contribution is 6.09. The molecular formula is C46H33NO2. The number of para-hydroxylation sites is 1. The molecule has 0 aliphatic rings. The molecule has 0 aliphatic carbocycles. The quantitative estimate of drug-likeness (QED) is 0.167. The third-order valence-electron chi connectivity index (χ3n) is 9.66. The van der Waals surface area contributed by atoms with Crippen LogP contribution in [-0.2, 0) is 6.42 Å². The first kappa shape index (κ1) is 29.0. The molecule has 0 radical (unpaired) electrons. The lowest BCUT2D eigenvalue weighted by Gasteiger charge is -2.20. The first-order chi connectivity index (χ1) is 24.3. The van der Waals surface area contributed by atoms with Gasteiger partial charge in [0.2, 0.25) is 5.89 Å². The van der Waals surface area contributed by atoms with Crippen molar-refractivity contribution >= 4 is 33.0 Å². The summed E-state index contributed by atoms with van der Waals surface area (Å²) in [5.41, 5.74) is 13.0. The Balaban J connectivity index is 1.14. The van der Waals surface area contributed by atoms with Crippen LogP contribution in [0.15, 0.2) is 179 Å². The summed E-state index contributed by atoms with van der Waals surface area (Å²) in [5, 5.41) is 2.12. The van der Waals surface area contributed by atoms with Crippen LogP contribution < -0.4 is 0 Å². The van der Waals surface area contributed by atoms with Crippen LogP contribution in [0.2, 0.25) is 0 Å². The average molecular weight is 632 g/mol. The van der Waals surface area contributed by atoms with Gasteiger partial charge in [-0.1, -0.05) is 146 Å². The van der Waals surface area contributed by atoms with Crippen molar-refractivity contribution < 1.29 is 8.83 Å². The van der Waals surface area contributed by atoms with Gasteiger partial charge in [-0.25, -0.2) is 4.98 Å². The number of rotatable bonds is 8. The van der Waals surface area contributed by atoms with E-state index in [-0.39, 0.29) is 5.92 Å². The van der Waals surface area contributed by atoms with Gasteiger partial charge >= 0.3 is 0 Å². The molecule has 3 heteroatoms. The first-order valence-corrected chi connectivity index (χ1v) is 16.9. The monoisotopic (exact) mass is 631 g/mol. The molecule has 234 valence electrons. The van der Waals surface area contributed by atoms with Gasteiger partial charge in [0, 0.05) is 33.9 Å². The summed E-state index contributed by atoms with van der Waals surface area (Å²) in [7, 11) is 0. The summed E-state index contributed by atoms with van der Waals surface area (Å²) < 4.78 is 13.0. The van der Waals surface area contributed by atoms with Gasteiger partial charge < -0.3 is 8.83 Å². The van der Waals surface area contributed by atoms with Crippen LogP contribution in [-0.4, -0.2) is 4.98 Å². The molecule has 0 aliphatic heterocycles. The number of aryl methyl sites for hydroxylation is 1. The molecule has 7 aromatic carbocycles. The van der Waals surface area contributed by atoms with E-state index in [1.165, 1.54) is 38.9 Å². The Bertz CT molecular complexity index is 2530. The molecule has 9 aromatic rings. The first-order valence-electron chi connectivity index (χ1n) is 16.9. The number of hydrogen-bond acceptors (Lipinski definition) is 3. The van der Waals surface area contributed by atoms with Crippen LogP contribution in [0.3, 0.4) is 0 Å². The van der Waals surface area contributed by atoms with Crippen LogP contribution in [0.5, 0.6) is 0 Å². The molecule has 1 atom stereocenters. The second-order valence-electron chi connectivity index (χ2n) is 12.6. The zero-order valence-corrected chi connectivity index (χ0v) is 26.9. The topological polar surface area (TPSA) is 39.2 Å². The Morgan fingerprint density at radius 3 is 1.90 bits per heavy atom. The molecule has 0 N–H and O–H groups in total. The zero-order valence-electron chi connectivity index (χ0n) is 26.9. The van der Waals surface area contributed by atoms with E-state index in [0.29, 0.717) is 5.89 Å². The van der Waals surface area contributed by atoms with E-state index >= 15 is 0 Å². The van der Waals surface area contributed by atoms with Gasteiger partial charge in [-0.05, 0) is 64.4 Å². The SMILES string of the molecule is c1ccc(-c2ccc(C(CCc3ccccc3-c3ccccc3)c3cccc4c3oc3cc5nc(-c6ccccc6)oc5cc34)cc2)cc1. The van der Waals surface area contributed by atoms with Crippen molar-refractivity contribution in [2.75, 3.05) is 0 Å². The molecule has 0 fully saturated rings. The van der Waals surface area contributed by atoms with Crippen LogP contribution in [0, 0.1) is 0 Å². The molecule has 0 bridgehead atoms. The van der Waals surface area contributed by atoms with Crippen molar-refractivity contribution in [2.24, 2.45) is 0 Å². The third kappa shape index (κ3) is 5.50. The summed E-state index contributed by atoms with van der Waals surface area (Å²) in [6, 6.07) is 59.8. The fourth-order valence-corrected chi connectivity index (χ4v) is 7.20. The number of hydrogen-bond donors (Lipinski definition) is 0. The van der Waals surface area contributed by atoms with E-state index in [4.69, 9.17) is 13.8 Å². The lowest BCUT2D eigenvalue weighted by atomic mass is 9.84. The van der Waals surface area contributed by atoms with Crippen LogP contribution in [0.4, 0.5) is 0 Å².